The van der Waals surface area contributed by atoms with E-state index in [4.69, 9.17) is 16.3 Å². The van der Waals surface area contributed by atoms with Gasteiger partial charge in [0, 0.05) is 5.02 Å². The molecule has 0 amide bonds. The highest BCUT2D eigenvalue weighted by Crippen LogP contribution is 2.25. The number of ether oxygens (including phenoxy) is 1. The van der Waals surface area contributed by atoms with E-state index >= 15 is 0 Å². The second-order valence-electron chi connectivity index (χ2n) is 5.84. The molecule has 0 N–H and O–H groups in total. The van der Waals surface area contributed by atoms with Crippen LogP contribution in [-0.4, -0.2) is 27.0 Å². The number of rotatable bonds is 6. The van der Waals surface area contributed by atoms with Crippen LogP contribution >= 0.6 is 11.6 Å². The van der Waals surface area contributed by atoms with Crippen molar-refractivity contribution in [1.29, 1.82) is 0 Å². The number of hydrogen-bond acceptors (Lipinski definition) is 4. The van der Waals surface area contributed by atoms with E-state index in [9.17, 15) is 13.2 Å². The molecule has 2 aromatic rings. The molecule has 0 heterocycles. The molecule has 0 spiro atoms. The van der Waals surface area contributed by atoms with Gasteiger partial charge in [-0.25, -0.2) is 8.42 Å². The summed E-state index contributed by atoms with van der Waals surface area (Å²) in [5, 5.41) is 0.431. The number of nitrogens with zero attached hydrogens (tertiary/aromatic N) is 1. The zero-order valence-corrected chi connectivity index (χ0v) is 15.8. The van der Waals surface area contributed by atoms with Crippen LogP contribution in [0.1, 0.15) is 19.4 Å². The third-order valence-corrected chi connectivity index (χ3v) is 5.40. The zero-order chi connectivity index (χ0) is 18.6. The zero-order valence-electron chi connectivity index (χ0n) is 14.3. The topological polar surface area (TPSA) is 63.7 Å². The Kier molecular flexibility index (Phi) is 6.08. The molecular formula is C18H20ClNO4S. The highest BCUT2D eigenvalue weighted by atomic mass is 35.5. The Labute approximate surface area is 153 Å². The number of esters is 1. The minimum Gasteiger partial charge on any atom is -0.462 e. The first-order valence-corrected chi connectivity index (χ1v) is 9.56. The molecule has 0 unspecified atom stereocenters. The third kappa shape index (κ3) is 4.96. The van der Waals surface area contributed by atoms with Crippen molar-refractivity contribution in [3.8, 4) is 0 Å². The highest BCUT2D eigenvalue weighted by molar-refractivity contribution is 7.92. The first kappa shape index (κ1) is 19.3. The van der Waals surface area contributed by atoms with Crippen LogP contribution in [0.3, 0.4) is 0 Å². The first-order valence-electron chi connectivity index (χ1n) is 7.74. The maximum absolute atomic E-state index is 13.0. The second-order valence-corrected chi connectivity index (χ2v) is 8.14. The molecule has 0 aliphatic heterocycles. The van der Waals surface area contributed by atoms with Crippen molar-refractivity contribution < 1.29 is 17.9 Å². The summed E-state index contributed by atoms with van der Waals surface area (Å²) < 4.78 is 32.2. The van der Waals surface area contributed by atoms with Gasteiger partial charge in [0.25, 0.3) is 10.0 Å². The van der Waals surface area contributed by atoms with Gasteiger partial charge in [0.1, 0.15) is 6.54 Å². The SMILES string of the molecule is Cc1ccc(N(CC(=O)OC(C)C)S(=O)(=O)c2ccc(Cl)cc2)cc1. The molecule has 2 rings (SSSR count). The fourth-order valence-electron chi connectivity index (χ4n) is 2.18. The molecular weight excluding hydrogens is 362 g/mol. The summed E-state index contributed by atoms with van der Waals surface area (Å²) in [7, 11) is -3.94. The van der Waals surface area contributed by atoms with Crippen molar-refractivity contribution in [1.82, 2.24) is 0 Å². The van der Waals surface area contributed by atoms with Crippen molar-refractivity contribution in [3.05, 3.63) is 59.1 Å². The lowest BCUT2D eigenvalue weighted by molar-refractivity contribution is -0.145. The van der Waals surface area contributed by atoms with E-state index in [0.29, 0.717) is 10.7 Å². The van der Waals surface area contributed by atoms with E-state index < -0.39 is 22.5 Å². The molecule has 0 saturated heterocycles. The van der Waals surface area contributed by atoms with Crippen LogP contribution in [0, 0.1) is 6.92 Å². The number of benzene rings is 2. The standard InChI is InChI=1S/C18H20ClNO4S/c1-13(2)24-18(21)12-20(16-8-4-14(3)5-9-16)25(22,23)17-10-6-15(19)7-11-17/h4-11,13H,12H2,1-3H3. The summed E-state index contributed by atoms with van der Waals surface area (Å²) in [6, 6.07) is 12.7. The average Bonchev–Trinajstić information content (AvgIpc) is 2.53. The van der Waals surface area contributed by atoms with Crippen molar-refractivity contribution in [3.63, 3.8) is 0 Å². The second kappa shape index (κ2) is 7.89. The van der Waals surface area contributed by atoms with Crippen LogP contribution in [0.4, 0.5) is 5.69 Å². The molecule has 0 atom stereocenters. The average molecular weight is 382 g/mol. The number of sulfonamides is 1. The number of aryl methyl sites for hydroxylation is 1. The van der Waals surface area contributed by atoms with Gasteiger partial charge in [-0.15, -0.1) is 0 Å². The van der Waals surface area contributed by atoms with Crippen molar-refractivity contribution in [2.45, 2.75) is 31.8 Å². The maximum atomic E-state index is 13.0. The van der Waals surface area contributed by atoms with E-state index in [1.807, 2.05) is 6.92 Å². The van der Waals surface area contributed by atoms with E-state index in [0.717, 1.165) is 9.87 Å². The molecule has 25 heavy (non-hydrogen) atoms. The highest BCUT2D eigenvalue weighted by Gasteiger charge is 2.28. The smallest absolute Gasteiger partial charge is 0.327 e. The van der Waals surface area contributed by atoms with Crippen LogP contribution in [0.25, 0.3) is 0 Å². The number of anilines is 1. The Morgan fingerprint density at radius 1 is 1.08 bits per heavy atom. The summed E-state index contributed by atoms with van der Waals surface area (Å²) in [4.78, 5) is 12.1. The lowest BCUT2D eigenvalue weighted by Gasteiger charge is -2.24. The molecule has 5 nitrogen and oxygen atoms in total. The molecule has 0 saturated carbocycles. The predicted molar refractivity (Wildman–Crippen MR) is 98.4 cm³/mol. The summed E-state index contributed by atoms with van der Waals surface area (Å²) in [5.74, 6) is -0.617. The molecule has 7 heteroatoms. The van der Waals surface area contributed by atoms with Crippen LogP contribution < -0.4 is 4.31 Å². The minimum absolute atomic E-state index is 0.0508. The summed E-state index contributed by atoms with van der Waals surface area (Å²) in [6.07, 6.45) is -0.328. The largest absolute Gasteiger partial charge is 0.462 e. The lowest BCUT2D eigenvalue weighted by atomic mass is 10.2. The van der Waals surface area contributed by atoms with Crippen molar-refractivity contribution in [2.75, 3.05) is 10.8 Å². The summed E-state index contributed by atoms with van der Waals surface area (Å²) in [6.45, 7) is 4.91. The lowest BCUT2D eigenvalue weighted by Crippen LogP contribution is -2.37. The van der Waals surface area contributed by atoms with Gasteiger partial charge in [0.15, 0.2) is 0 Å². The fourth-order valence-corrected chi connectivity index (χ4v) is 3.71. The van der Waals surface area contributed by atoms with Crippen LogP contribution in [0.5, 0.6) is 0 Å². The molecule has 0 fully saturated rings. The summed E-state index contributed by atoms with van der Waals surface area (Å²) in [5.41, 5.74) is 1.37. The van der Waals surface area contributed by atoms with Crippen LogP contribution in [0.2, 0.25) is 5.02 Å². The normalized spacial score (nSPS) is 11.4. The van der Waals surface area contributed by atoms with Gasteiger partial charge < -0.3 is 4.74 Å². The molecule has 134 valence electrons. The molecule has 0 aliphatic carbocycles. The van der Waals surface area contributed by atoms with Gasteiger partial charge >= 0.3 is 5.97 Å². The Morgan fingerprint density at radius 2 is 1.64 bits per heavy atom. The Morgan fingerprint density at radius 3 is 2.16 bits per heavy atom. The predicted octanol–water partition coefficient (Wildman–Crippen LogP) is 3.80. The number of carbonyl (C=O) groups excluding carboxylic acids is 1. The van der Waals surface area contributed by atoms with Gasteiger partial charge in [0.05, 0.1) is 16.7 Å². The molecule has 0 aromatic heterocycles. The van der Waals surface area contributed by atoms with Crippen LogP contribution in [0.15, 0.2) is 53.4 Å². The first-order chi connectivity index (χ1) is 11.7. The quantitative estimate of drug-likeness (QED) is 0.714. The third-order valence-electron chi connectivity index (χ3n) is 3.36. The van der Waals surface area contributed by atoms with E-state index in [1.165, 1.54) is 24.3 Å². The molecule has 0 bridgehead atoms. The molecule has 0 aliphatic rings. The maximum Gasteiger partial charge on any atom is 0.327 e. The van der Waals surface area contributed by atoms with Crippen LogP contribution in [-0.2, 0) is 19.6 Å². The Hall–Kier alpha value is -2.05. The number of halogens is 1. The number of carbonyl (C=O) groups is 1. The van der Waals surface area contributed by atoms with Gasteiger partial charge in [-0.2, -0.15) is 0 Å². The van der Waals surface area contributed by atoms with Gasteiger partial charge in [-0.3, -0.25) is 9.10 Å². The fraction of sp³-hybridized carbons (Fsp3) is 0.278. The monoisotopic (exact) mass is 381 g/mol. The minimum atomic E-state index is -3.94. The number of hydrogen-bond donors (Lipinski definition) is 0. The Bertz CT molecular complexity index is 830. The van der Waals surface area contributed by atoms with E-state index in [-0.39, 0.29) is 11.0 Å². The van der Waals surface area contributed by atoms with Gasteiger partial charge in [-0.05, 0) is 57.2 Å². The van der Waals surface area contributed by atoms with E-state index in [2.05, 4.69) is 0 Å². The Balaban J connectivity index is 2.44. The van der Waals surface area contributed by atoms with E-state index in [1.54, 1.807) is 38.1 Å². The van der Waals surface area contributed by atoms with Crippen molar-refractivity contribution >= 4 is 33.3 Å². The molecule has 2 aromatic carbocycles. The van der Waals surface area contributed by atoms with Gasteiger partial charge in [0.2, 0.25) is 0 Å². The van der Waals surface area contributed by atoms with Gasteiger partial charge in [-0.1, -0.05) is 29.3 Å². The van der Waals surface area contributed by atoms with Crippen molar-refractivity contribution in [2.24, 2.45) is 0 Å². The summed E-state index contributed by atoms with van der Waals surface area (Å²) >= 11 is 5.83. The molecule has 0 radical (unpaired) electrons.